The second-order valence-corrected chi connectivity index (χ2v) is 2.26. The predicted molar refractivity (Wildman–Crippen MR) is 53.7 cm³/mol. The Morgan fingerprint density at radius 1 is 1.12 bits per heavy atom. The van der Waals surface area contributed by atoms with E-state index in [4.69, 9.17) is 15.1 Å². The minimum absolute atomic E-state index is 0. The standard InChI is InChI=1S/C6H11N2.BH3O3.4FH/c1-3-8-5-4-7(2)6-8;2-1(3)4;;;;/h4-6H,3H2,1-2H3;2-4H;4*1H/q+1;;;;;. The highest BCUT2D eigenvalue weighted by molar-refractivity contribution is 6.30. The van der Waals surface area contributed by atoms with Crippen LogP contribution in [-0.4, -0.2) is 27.0 Å². The number of hydrogen-bond donors (Lipinski definition) is 3. The summed E-state index contributed by atoms with van der Waals surface area (Å²) in [4.78, 5) is 0. The largest absolute Gasteiger partial charge is 0.631 e. The average molecular weight is 253 g/mol. The highest BCUT2D eigenvalue weighted by Gasteiger charge is 1.93. The Bertz CT molecular complexity index is 225. The van der Waals surface area contributed by atoms with E-state index in [1.165, 1.54) is 0 Å². The molecule has 1 aromatic heterocycles. The number of imidazole rings is 1. The third-order valence-electron chi connectivity index (χ3n) is 1.19. The molecule has 1 rings (SSSR count). The molecule has 0 aliphatic heterocycles. The fourth-order valence-corrected chi connectivity index (χ4v) is 0.689. The Morgan fingerprint density at radius 3 is 1.62 bits per heavy atom. The monoisotopic (exact) mass is 253 g/mol. The molecule has 1 aromatic rings. The van der Waals surface area contributed by atoms with Gasteiger partial charge in [0.1, 0.15) is 12.4 Å². The van der Waals surface area contributed by atoms with Gasteiger partial charge in [-0.3, -0.25) is 18.8 Å². The smallest absolute Gasteiger partial charge is 0.402 e. The van der Waals surface area contributed by atoms with E-state index in [9.17, 15) is 0 Å². The van der Waals surface area contributed by atoms with Crippen molar-refractivity contribution in [3.8, 4) is 0 Å². The Kier molecular flexibility index (Phi) is 29.9. The fourth-order valence-electron chi connectivity index (χ4n) is 0.689. The summed E-state index contributed by atoms with van der Waals surface area (Å²) in [6.07, 6.45) is 6.14. The number of halogens is 4. The molecule has 3 N–H and O–H groups in total. The summed E-state index contributed by atoms with van der Waals surface area (Å²) in [5.74, 6) is 0. The van der Waals surface area contributed by atoms with E-state index in [1.807, 2.05) is 17.8 Å². The van der Waals surface area contributed by atoms with Crippen molar-refractivity contribution in [3.05, 3.63) is 18.7 Å². The quantitative estimate of drug-likeness (QED) is 0.337. The van der Waals surface area contributed by atoms with E-state index in [-0.39, 0.29) is 18.8 Å². The first-order valence-corrected chi connectivity index (χ1v) is 3.61. The fraction of sp³-hybridized carbons (Fsp3) is 0.500. The van der Waals surface area contributed by atoms with Gasteiger partial charge in [-0.05, 0) is 6.92 Å². The van der Waals surface area contributed by atoms with Crippen molar-refractivity contribution in [2.24, 2.45) is 7.05 Å². The molecule has 0 saturated carbocycles. The Labute approximate surface area is 90.6 Å². The molecule has 0 unspecified atom stereocenters. The first-order chi connectivity index (χ1) is 5.56. The van der Waals surface area contributed by atoms with Crippen molar-refractivity contribution in [1.29, 1.82) is 0 Å². The molecule has 0 aliphatic carbocycles. The van der Waals surface area contributed by atoms with Gasteiger partial charge >= 0.3 is 7.32 Å². The van der Waals surface area contributed by atoms with Gasteiger partial charge in [0.25, 0.3) is 0 Å². The molecule has 0 spiro atoms. The van der Waals surface area contributed by atoms with Gasteiger partial charge in [-0.15, -0.1) is 0 Å². The number of hydrogen-bond acceptors (Lipinski definition) is 3. The molecular formula is C6H18BF4N2O3+. The van der Waals surface area contributed by atoms with Gasteiger partial charge in [-0.2, -0.15) is 0 Å². The summed E-state index contributed by atoms with van der Waals surface area (Å²) < 4.78 is 4.16. The lowest BCUT2D eigenvalue weighted by atomic mass is 10.3. The van der Waals surface area contributed by atoms with E-state index in [0.717, 1.165) is 6.54 Å². The zero-order valence-corrected chi connectivity index (χ0v) is 8.89. The number of rotatable bonds is 1. The van der Waals surface area contributed by atoms with E-state index in [2.05, 4.69) is 24.0 Å². The second kappa shape index (κ2) is 16.3. The van der Waals surface area contributed by atoms with Crippen LogP contribution in [-0.2, 0) is 13.6 Å². The van der Waals surface area contributed by atoms with Crippen LogP contribution in [0.3, 0.4) is 0 Å². The summed E-state index contributed by atoms with van der Waals surface area (Å²) in [6, 6.07) is 0. The van der Waals surface area contributed by atoms with E-state index in [0.29, 0.717) is 0 Å². The maximum Gasteiger partial charge on any atom is 0.631 e. The number of aromatic nitrogens is 2. The predicted octanol–water partition coefficient (Wildman–Crippen LogP) is -1.11. The van der Waals surface area contributed by atoms with Crippen molar-refractivity contribution >= 4 is 7.32 Å². The van der Waals surface area contributed by atoms with Gasteiger partial charge in [-0.1, -0.05) is 0 Å². The van der Waals surface area contributed by atoms with Crippen LogP contribution in [0.1, 0.15) is 6.92 Å². The number of nitrogens with zero attached hydrogens (tertiary/aromatic N) is 2. The summed E-state index contributed by atoms with van der Waals surface area (Å²) in [5, 5.41) is 21.5. The van der Waals surface area contributed by atoms with E-state index >= 15 is 0 Å². The van der Waals surface area contributed by atoms with Gasteiger partial charge in [0.15, 0.2) is 0 Å². The summed E-state index contributed by atoms with van der Waals surface area (Å²) in [7, 11) is -0.147. The van der Waals surface area contributed by atoms with Crippen LogP contribution in [0.4, 0.5) is 18.8 Å². The minimum Gasteiger partial charge on any atom is -0.402 e. The molecule has 0 aromatic carbocycles. The molecule has 100 valence electrons. The summed E-state index contributed by atoms with van der Waals surface area (Å²) in [5.41, 5.74) is 0. The molecule has 0 bridgehead atoms. The molecule has 0 saturated heterocycles. The van der Waals surface area contributed by atoms with Crippen LogP contribution in [0.15, 0.2) is 18.7 Å². The van der Waals surface area contributed by atoms with Gasteiger partial charge in [0.05, 0.1) is 13.6 Å². The lowest BCUT2D eigenvalue weighted by molar-refractivity contribution is -0.671. The third kappa shape index (κ3) is 18.6. The zero-order valence-electron chi connectivity index (χ0n) is 8.89. The van der Waals surface area contributed by atoms with Crippen molar-refractivity contribution < 1.29 is 38.5 Å². The van der Waals surface area contributed by atoms with Gasteiger partial charge in [0, 0.05) is 0 Å². The zero-order chi connectivity index (χ0) is 9.56. The normalized spacial score (nSPS) is 6.56. The first-order valence-electron chi connectivity index (χ1n) is 3.61. The Balaban J connectivity index is -0.0000000458. The first kappa shape index (κ1) is 29.4. The molecule has 1 heterocycles. The SMILES string of the molecule is CCn1cc[n+](C)c1.F.F.F.F.OB(O)O. The number of aryl methyl sites for hydroxylation is 2. The van der Waals surface area contributed by atoms with Crippen molar-refractivity contribution in [3.63, 3.8) is 0 Å². The maximum absolute atomic E-state index is 7.17. The van der Waals surface area contributed by atoms with Crippen molar-refractivity contribution in [2.45, 2.75) is 13.5 Å². The molecule has 0 radical (unpaired) electrons. The average Bonchev–Trinajstić information content (AvgIpc) is 2.34. The summed E-state index contributed by atoms with van der Waals surface area (Å²) in [6.45, 7) is 3.18. The Morgan fingerprint density at radius 2 is 1.50 bits per heavy atom. The van der Waals surface area contributed by atoms with Crippen LogP contribution < -0.4 is 4.57 Å². The van der Waals surface area contributed by atoms with Crippen LogP contribution in [0, 0.1) is 0 Å². The minimum atomic E-state index is -2.17. The second-order valence-electron chi connectivity index (χ2n) is 2.26. The summed E-state index contributed by atoms with van der Waals surface area (Å²) >= 11 is 0. The maximum atomic E-state index is 7.17. The molecule has 10 heteroatoms. The van der Waals surface area contributed by atoms with Gasteiger partial charge in [-0.25, -0.2) is 9.13 Å². The van der Waals surface area contributed by atoms with E-state index < -0.39 is 7.32 Å². The molecule has 0 amide bonds. The molecule has 16 heavy (non-hydrogen) atoms. The third-order valence-corrected chi connectivity index (χ3v) is 1.19. The van der Waals surface area contributed by atoms with Crippen LogP contribution in [0.25, 0.3) is 0 Å². The molecule has 0 aliphatic rings. The van der Waals surface area contributed by atoms with Crippen LogP contribution >= 0.6 is 0 Å². The molecular weight excluding hydrogens is 235 g/mol. The highest BCUT2D eigenvalue weighted by Crippen LogP contribution is 1.79. The van der Waals surface area contributed by atoms with Crippen LogP contribution in [0.5, 0.6) is 0 Å². The topological polar surface area (TPSA) is 69.5 Å². The lowest BCUT2D eigenvalue weighted by Gasteiger charge is -1.81. The Hall–Kier alpha value is -1.13. The molecule has 5 nitrogen and oxygen atoms in total. The van der Waals surface area contributed by atoms with Crippen molar-refractivity contribution in [2.75, 3.05) is 0 Å². The lowest BCUT2D eigenvalue weighted by Crippen LogP contribution is -2.23. The van der Waals surface area contributed by atoms with Crippen molar-refractivity contribution in [1.82, 2.24) is 4.57 Å². The van der Waals surface area contributed by atoms with Gasteiger partial charge < -0.3 is 15.1 Å². The molecule has 0 fully saturated rings. The van der Waals surface area contributed by atoms with E-state index in [1.54, 1.807) is 0 Å². The molecule has 0 atom stereocenters. The van der Waals surface area contributed by atoms with Gasteiger partial charge in [0.2, 0.25) is 6.33 Å². The van der Waals surface area contributed by atoms with Crippen LogP contribution in [0.2, 0.25) is 0 Å². The highest BCUT2D eigenvalue weighted by atomic mass is 19.0.